The second kappa shape index (κ2) is 8.15. The number of benzene rings is 3. The molecule has 0 unspecified atom stereocenters. The molecule has 0 atom stereocenters. The van der Waals surface area contributed by atoms with Crippen LogP contribution in [-0.2, 0) is 19.6 Å². The highest BCUT2D eigenvalue weighted by Crippen LogP contribution is 2.32. The molecule has 33 heavy (non-hydrogen) atoms. The van der Waals surface area contributed by atoms with Gasteiger partial charge in [0.2, 0.25) is 0 Å². The smallest absolute Gasteiger partial charge is 0.0958 e. The molecule has 0 spiro atoms. The molecule has 0 bridgehead atoms. The van der Waals surface area contributed by atoms with Crippen LogP contribution in [-0.4, -0.2) is 34.0 Å². The summed E-state index contributed by atoms with van der Waals surface area (Å²) in [7, 11) is 0. The minimum atomic E-state index is -0.156. The summed E-state index contributed by atoms with van der Waals surface area (Å²) in [5, 5.41) is 0.811. The minimum Gasteiger partial charge on any atom is -0.330 e. The number of rotatable bonds is 7. The van der Waals surface area contributed by atoms with Crippen LogP contribution in [0.15, 0.2) is 91.8 Å². The van der Waals surface area contributed by atoms with Crippen molar-refractivity contribution >= 4 is 49.0 Å². The van der Waals surface area contributed by atoms with Crippen molar-refractivity contribution in [3.05, 3.63) is 91.8 Å². The predicted molar refractivity (Wildman–Crippen MR) is 135 cm³/mol. The fourth-order valence-corrected chi connectivity index (χ4v) is 5.30. The van der Waals surface area contributed by atoms with Crippen LogP contribution in [0.2, 0.25) is 0 Å². The van der Waals surface area contributed by atoms with Gasteiger partial charge in [-0.3, -0.25) is 0 Å². The lowest BCUT2D eigenvalue weighted by Gasteiger charge is -2.34. The maximum absolute atomic E-state index is 4.64. The fraction of sp³-hybridized carbons (Fsp3) is 0.192. The Morgan fingerprint density at radius 3 is 1.21 bits per heavy atom. The molecule has 0 aliphatic rings. The lowest BCUT2D eigenvalue weighted by Crippen LogP contribution is -2.37. The highest BCUT2D eigenvalue weighted by molar-refractivity contribution is 9.09. The van der Waals surface area contributed by atoms with E-state index >= 15 is 0 Å². The fourth-order valence-electron chi connectivity index (χ4n) is 4.77. The quantitative estimate of drug-likeness (QED) is 0.272. The van der Waals surface area contributed by atoms with Gasteiger partial charge in [-0.2, -0.15) is 0 Å². The minimum absolute atomic E-state index is 0.156. The maximum Gasteiger partial charge on any atom is 0.0958 e. The van der Waals surface area contributed by atoms with Crippen LogP contribution < -0.4 is 0 Å². The van der Waals surface area contributed by atoms with Gasteiger partial charge in [0.1, 0.15) is 0 Å². The van der Waals surface area contributed by atoms with E-state index in [1.807, 2.05) is 37.2 Å². The van der Waals surface area contributed by atoms with Crippen molar-refractivity contribution in [1.29, 1.82) is 0 Å². The zero-order valence-electron chi connectivity index (χ0n) is 18.0. The van der Waals surface area contributed by atoms with Crippen LogP contribution in [0.3, 0.4) is 0 Å². The zero-order valence-corrected chi connectivity index (χ0v) is 19.6. The van der Waals surface area contributed by atoms with Gasteiger partial charge in [-0.1, -0.05) is 52.3 Å². The second-order valence-electron chi connectivity index (χ2n) is 8.72. The van der Waals surface area contributed by atoms with Crippen LogP contribution in [0.5, 0.6) is 0 Å². The first-order chi connectivity index (χ1) is 16.2. The first-order valence-corrected chi connectivity index (χ1v) is 12.1. The number of halogens is 1. The monoisotopic (exact) mass is 498 g/mol. The van der Waals surface area contributed by atoms with E-state index < -0.39 is 0 Å². The molecule has 0 saturated carbocycles. The Kier molecular flexibility index (Phi) is 4.99. The van der Waals surface area contributed by atoms with Gasteiger partial charge in [-0.05, 0) is 36.4 Å². The van der Waals surface area contributed by atoms with E-state index in [4.69, 9.17) is 0 Å². The normalized spacial score (nSPS) is 12.3. The van der Waals surface area contributed by atoms with Gasteiger partial charge in [-0.15, -0.1) is 0 Å². The van der Waals surface area contributed by atoms with Gasteiger partial charge in [0, 0.05) is 30.4 Å². The zero-order chi connectivity index (χ0) is 22.3. The Morgan fingerprint density at radius 1 is 0.545 bits per heavy atom. The van der Waals surface area contributed by atoms with E-state index in [1.165, 1.54) is 0 Å². The molecule has 6 nitrogen and oxygen atoms in total. The van der Waals surface area contributed by atoms with Crippen molar-refractivity contribution in [3.63, 3.8) is 0 Å². The summed E-state index contributed by atoms with van der Waals surface area (Å²) in [5.74, 6) is 0. The van der Waals surface area contributed by atoms with Crippen LogP contribution >= 0.6 is 15.9 Å². The molecule has 0 aliphatic heterocycles. The molecule has 0 radical (unpaired) electrons. The van der Waals surface area contributed by atoms with Crippen LogP contribution in [0, 0.1) is 5.41 Å². The molecule has 0 amide bonds. The molecule has 7 heteroatoms. The third-order valence-corrected chi connectivity index (χ3v) is 7.57. The van der Waals surface area contributed by atoms with E-state index in [0.717, 1.165) is 58.1 Å². The van der Waals surface area contributed by atoms with Gasteiger partial charge >= 0.3 is 0 Å². The Bertz CT molecular complexity index is 1380. The number of imidazole rings is 3. The van der Waals surface area contributed by atoms with Crippen molar-refractivity contribution in [1.82, 2.24) is 28.7 Å². The van der Waals surface area contributed by atoms with E-state index in [0.29, 0.717) is 0 Å². The third kappa shape index (κ3) is 3.62. The Morgan fingerprint density at radius 2 is 0.879 bits per heavy atom. The molecular formula is C26H23BrN6. The van der Waals surface area contributed by atoms with Crippen molar-refractivity contribution in [2.75, 3.05) is 5.33 Å². The number of para-hydroxylation sites is 6. The predicted octanol–water partition coefficient (Wildman–Crippen LogP) is 5.52. The van der Waals surface area contributed by atoms with Gasteiger partial charge in [0.15, 0.2) is 0 Å². The van der Waals surface area contributed by atoms with Gasteiger partial charge < -0.3 is 13.7 Å². The second-order valence-corrected chi connectivity index (χ2v) is 9.28. The summed E-state index contributed by atoms with van der Waals surface area (Å²) in [6.45, 7) is 2.41. The van der Waals surface area contributed by atoms with Crippen molar-refractivity contribution in [2.24, 2.45) is 5.41 Å². The van der Waals surface area contributed by atoms with Crippen molar-refractivity contribution in [3.8, 4) is 0 Å². The molecule has 164 valence electrons. The summed E-state index contributed by atoms with van der Waals surface area (Å²) in [5.41, 5.74) is 6.33. The summed E-state index contributed by atoms with van der Waals surface area (Å²) >= 11 is 3.90. The lowest BCUT2D eigenvalue weighted by molar-refractivity contribution is 0.207. The summed E-state index contributed by atoms with van der Waals surface area (Å²) in [4.78, 5) is 13.9. The Balaban J connectivity index is 1.45. The molecule has 0 N–H and O–H groups in total. The van der Waals surface area contributed by atoms with Gasteiger partial charge in [0.05, 0.1) is 52.1 Å². The molecule has 0 aliphatic carbocycles. The number of aromatic nitrogens is 6. The largest absolute Gasteiger partial charge is 0.330 e. The molecular weight excluding hydrogens is 476 g/mol. The van der Waals surface area contributed by atoms with Crippen LogP contribution in [0.4, 0.5) is 0 Å². The Hall–Kier alpha value is -3.45. The summed E-state index contributed by atoms with van der Waals surface area (Å²) < 4.78 is 6.82. The Labute approximate surface area is 199 Å². The van der Waals surface area contributed by atoms with Crippen molar-refractivity contribution in [2.45, 2.75) is 19.6 Å². The van der Waals surface area contributed by atoms with E-state index in [-0.39, 0.29) is 5.41 Å². The standard InChI is InChI=1S/C26H23BrN6/c27-13-26(14-31-17-28-20-7-1-4-10-23(20)31,15-32-18-29-21-8-2-5-11-24(21)32)16-33-19-30-22-9-3-6-12-25(22)33/h1-12,17-19H,13-16H2. The molecule has 0 saturated heterocycles. The molecule has 6 rings (SSSR count). The van der Waals surface area contributed by atoms with E-state index in [2.05, 4.69) is 99.2 Å². The van der Waals surface area contributed by atoms with Crippen LogP contribution in [0.25, 0.3) is 33.1 Å². The highest BCUT2D eigenvalue weighted by atomic mass is 79.9. The van der Waals surface area contributed by atoms with Crippen molar-refractivity contribution < 1.29 is 0 Å². The molecule has 3 aromatic heterocycles. The SMILES string of the molecule is BrCC(Cn1cnc2ccccc21)(Cn1cnc2ccccc21)Cn1cnc2ccccc21. The number of alkyl halides is 1. The summed E-state index contributed by atoms with van der Waals surface area (Å²) in [6, 6.07) is 24.9. The van der Waals surface area contributed by atoms with E-state index in [1.54, 1.807) is 0 Å². The number of fused-ring (bicyclic) bond motifs is 3. The molecule has 3 heterocycles. The maximum atomic E-state index is 4.64. The first kappa shape index (κ1) is 20.2. The average molecular weight is 499 g/mol. The van der Waals surface area contributed by atoms with Crippen LogP contribution in [0.1, 0.15) is 0 Å². The lowest BCUT2D eigenvalue weighted by atomic mass is 9.89. The summed E-state index contributed by atoms with van der Waals surface area (Å²) in [6.07, 6.45) is 5.88. The number of nitrogens with zero attached hydrogens (tertiary/aromatic N) is 6. The van der Waals surface area contributed by atoms with E-state index in [9.17, 15) is 0 Å². The van der Waals surface area contributed by atoms with Gasteiger partial charge in [-0.25, -0.2) is 15.0 Å². The highest BCUT2D eigenvalue weighted by Gasteiger charge is 2.33. The number of hydrogen-bond donors (Lipinski definition) is 0. The average Bonchev–Trinajstić information content (AvgIpc) is 3.57. The third-order valence-electron chi connectivity index (χ3n) is 6.38. The molecule has 0 fully saturated rings. The molecule has 3 aromatic carbocycles. The van der Waals surface area contributed by atoms with Gasteiger partial charge in [0.25, 0.3) is 0 Å². The topological polar surface area (TPSA) is 53.5 Å². The number of hydrogen-bond acceptors (Lipinski definition) is 3. The molecule has 6 aromatic rings. The first-order valence-electron chi connectivity index (χ1n) is 11.0.